The second-order valence-corrected chi connectivity index (χ2v) is 6.37. The highest BCUT2D eigenvalue weighted by atomic mass is 35.5. The summed E-state index contributed by atoms with van der Waals surface area (Å²) in [6.45, 7) is 2.00. The molecule has 3 aromatic carbocycles. The van der Waals surface area contributed by atoms with E-state index < -0.39 is 0 Å². The second-order valence-electron chi connectivity index (χ2n) is 5.96. The number of amides is 1. The van der Waals surface area contributed by atoms with E-state index in [1.165, 1.54) is 0 Å². The lowest BCUT2D eigenvalue weighted by Crippen LogP contribution is -2.26. The van der Waals surface area contributed by atoms with Crippen LogP contribution in [0.25, 0.3) is 10.8 Å². The molecule has 5 nitrogen and oxygen atoms in total. The van der Waals surface area contributed by atoms with E-state index in [4.69, 9.17) is 16.3 Å². The lowest BCUT2D eigenvalue weighted by molar-refractivity contribution is -0.119. The van der Waals surface area contributed by atoms with Crippen LogP contribution in [0, 0.1) is 6.92 Å². The van der Waals surface area contributed by atoms with Crippen molar-refractivity contribution in [2.24, 2.45) is 5.10 Å². The van der Waals surface area contributed by atoms with Gasteiger partial charge in [0.05, 0.1) is 19.9 Å². The first-order valence-corrected chi connectivity index (χ1v) is 8.84. The van der Waals surface area contributed by atoms with E-state index >= 15 is 0 Å². The van der Waals surface area contributed by atoms with E-state index in [1.54, 1.807) is 13.3 Å². The number of fused-ring (bicyclic) bond motifs is 1. The van der Waals surface area contributed by atoms with Gasteiger partial charge in [0.25, 0.3) is 5.91 Å². The number of hydrogen-bond donors (Lipinski definition) is 2. The summed E-state index contributed by atoms with van der Waals surface area (Å²) in [7, 11) is 1.64. The highest BCUT2D eigenvalue weighted by Gasteiger charge is 2.06. The molecular weight excluding hydrogens is 362 g/mol. The average molecular weight is 382 g/mol. The normalized spacial score (nSPS) is 10.9. The Morgan fingerprint density at radius 1 is 1.11 bits per heavy atom. The van der Waals surface area contributed by atoms with Crippen molar-refractivity contribution in [2.75, 3.05) is 19.0 Å². The van der Waals surface area contributed by atoms with Crippen LogP contribution < -0.4 is 15.5 Å². The smallest absolute Gasteiger partial charge is 0.259 e. The van der Waals surface area contributed by atoms with Crippen LogP contribution >= 0.6 is 11.6 Å². The van der Waals surface area contributed by atoms with E-state index in [9.17, 15) is 4.79 Å². The molecule has 0 atom stereocenters. The van der Waals surface area contributed by atoms with Crippen molar-refractivity contribution >= 4 is 40.2 Å². The summed E-state index contributed by atoms with van der Waals surface area (Å²) in [5.41, 5.74) is 5.15. The number of nitrogens with one attached hydrogen (secondary N) is 2. The zero-order chi connectivity index (χ0) is 19.2. The Morgan fingerprint density at radius 2 is 1.89 bits per heavy atom. The number of rotatable bonds is 6. The molecule has 0 radical (unpaired) electrons. The van der Waals surface area contributed by atoms with E-state index in [2.05, 4.69) is 15.8 Å². The van der Waals surface area contributed by atoms with Gasteiger partial charge in [-0.15, -0.1) is 0 Å². The average Bonchev–Trinajstić information content (AvgIpc) is 2.69. The van der Waals surface area contributed by atoms with Crippen LogP contribution in [0.1, 0.15) is 11.1 Å². The molecule has 6 heteroatoms. The molecule has 0 saturated heterocycles. The quantitative estimate of drug-likeness (QED) is 0.492. The molecule has 3 aromatic rings. The molecule has 138 valence electrons. The summed E-state index contributed by atoms with van der Waals surface area (Å²) in [5.74, 6) is 0.552. The van der Waals surface area contributed by atoms with Gasteiger partial charge >= 0.3 is 0 Å². The Kier molecular flexibility index (Phi) is 5.94. The minimum Gasteiger partial charge on any atom is -0.496 e. The Hall–Kier alpha value is -3.05. The first kappa shape index (κ1) is 18.7. The van der Waals surface area contributed by atoms with Gasteiger partial charge in [-0.3, -0.25) is 4.79 Å². The summed E-state index contributed by atoms with van der Waals surface area (Å²) >= 11 is 6.08. The van der Waals surface area contributed by atoms with Crippen molar-refractivity contribution in [2.45, 2.75) is 6.92 Å². The van der Waals surface area contributed by atoms with Gasteiger partial charge in [-0.05, 0) is 42.1 Å². The van der Waals surface area contributed by atoms with Gasteiger partial charge in [0.15, 0.2) is 0 Å². The summed E-state index contributed by atoms with van der Waals surface area (Å²) in [4.78, 5) is 12.0. The largest absolute Gasteiger partial charge is 0.496 e. The first-order chi connectivity index (χ1) is 13.1. The molecule has 0 spiro atoms. The van der Waals surface area contributed by atoms with E-state index in [1.807, 2.05) is 61.5 Å². The maximum absolute atomic E-state index is 12.0. The van der Waals surface area contributed by atoms with Crippen molar-refractivity contribution in [3.05, 3.63) is 70.7 Å². The number of nitrogens with zero attached hydrogens (tertiary/aromatic N) is 1. The lowest BCUT2D eigenvalue weighted by atomic mass is 10.0. The SMILES string of the molecule is COc1ccc(/C=N/NC(=O)CNc2cccc(Cl)c2C)c2ccccc12. The van der Waals surface area contributed by atoms with Gasteiger partial charge in [0, 0.05) is 21.7 Å². The topological polar surface area (TPSA) is 62.7 Å². The molecule has 2 N–H and O–H groups in total. The van der Waals surface area contributed by atoms with Gasteiger partial charge in [-0.2, -0.15) is 5.10 Å². The summed E-state index contributed by atoms with van der Waals surface area (Å²) in [6.07, 6.45) is 1.63. The number of benzene rings is 3. The van der Waals surface area contributed by atoms with Gasteiger partial charge in [-0.1, -0.05) is 41.9 Å². The maximum atomic E-state index is 12.0. The molecule has 0 bridgehead atoms. The van der Waals surface area contributed by atoms with Crippen LogP contribution in [0.3, 0.4) is 0 Å². The fourth-order valence-electron chi connectivity index (χ4n) is 2.77. The van der Waals surface area contributed by atoms with E-state index in [0.29, 0.717) is 5.02 Å². The first-order valence-electron chi connectivity index (χ1n) is 8.47. The minimum absolute atomic E-state index is 0.0991. The molecule has 0 aromatic heterocycles. The predicted octanol–water partition coefficient (Wildman–Crippen LogP) is 4.37. The number of methoxy groups -OCH3 is 1. The van der Waals surface area contributed by atoms with Crippen LogP contribution in [0.2, 0.25) is 5.02 Å². The van der Waals surface area contributed by atoms with Crippen molar-refractivity contribution in [3.8, 4) is 5.75 Å². The van der Waals surface area contributed by atoms with Crippen LogP contribution in [0.5, 0.6) is 5.75 Å². The Labute approximate surface area is 163 Å². The second kappa shape index (κ2) is 8.56. The number of carbonyl (C=O) groups is 1. The third-order valence-corrected chi connectivity index (χ3v) is 4.65. The van der Waals surface area contributed by atoms with Gasteiger partial charge < -0.3 is 10.1 Å². The van der Waals surface area contributed by atoms with Crippen LogP contribution in [0.15, 0.2) is 59.7 Å². The molecule has 0 unspecified atom stereocenters. The van der Waals surface area contributed by atoms with Gasteiger partial charge in [0.1, 0.15) is 5.75 Å². The molecule has 0 saturated carbocycles. The molecule has 0 fully saturated rings. The number of hydrazone groups is 1. The fraction of sp³-hybridized carbons (Fsp3) is 0.143. The summed E-state index contributed by atoms with van der Waals surface area (Å²) < 4.78 is 5.39. The molecule has 0 heterocycles. The Morgan fingerprint density at radius 3 is 2.67 bits per heavy atom. The number of halogens is 1. The Bertz CT molecular complexity index is 1000. The van der Waals surface area contributed by atoms with Crippen LogP contribution in [-0.4, -0.2) is 25.8 Å². The monoisotopic (exact) mass is 381 g/mol. The zero-order valence-corrected chi connectivity index (χ0v) is 15.9. The van der Waals surface area contributed by atoms with Crippen LogP contribution in [-0.2, 0) is 4.79 Å². The molecule has 0 aliphatic carbocycles. The van der Waals surface area contributed by atoms with Crippen molar-refractivity contribution in [1.82, 2.24) is 5.43 Å². The Balaban J connectivity index is 1.65. The number of anilines is 1. The number of hydrogen-bond acceptors (Lipinski definition) is 4. The third kappa shape index (κ3) is 4.38. The fourth-order valence-corrected chi connectivity index (χ4v) is 2.95. The number of carbonyl (C=O) groups excluding carboxylic acids is 1. The molecule has 0 aliphatic heterocycles. The molecule has 1 amide bonds. The number of ether oxygens (including phenoxy) is 1. The highest BCUT2D eigenvalue weighted by Crippen LogP contribution is 2.27. The zero-order valence-electron chi connectivity index (χ0n) is 15.1. The van der Waals surface area contributed by atoms with E-state index in [0.717, 1.165) is 33.3 Å². The molecule has 3 rings (SSSR count). The van der Waals surface area contributed by atoms with Gasteiger partial charge in [0.2, 0.25) is 0 Å². The highest BCUT2D eigenvalue weighted by molar-refractivity contribution is 6.31. The molecular formula is C21H20ClN3O2. The summed E-state index contributed by atoms with van der Waals surface area (Å²) in [6, 6.07) is 17.2. The molecule has 0 aliphatic rings. The molecule has 27 heavy (non-hydrogen) atoms. The van der Waals surface area contributed by atoms with Crippen molar-refractivity contribution in [1.29, 1.82) is 0 Å². The van der Waals surface area contributed by atoms with Crippen molar-refractivity contribution in [3.63, 3.8) is 0 Å². The van der Waals surface area contributed by atoms with Crippen LogP contribution in [0.4, 0.5) is 5.69 Å². The third-order valence-electron chi connectivity index (χ3n) is 4.24. The lowest BCUT2D eigenvalue weighted by Gasteiger charge is -2.09. The van der Waals surface area contributed by atoms with E-state index in [-0.39, 0.29) is 12.5 Å². The standard InChI is InChI=1S/C21H20ClN3O2/c1-14-18(22)8-5-9-19(14)23-13-21(26)25-24-12-15-10-11-20(27-2)17-7-4-3-6-16(15)17/h3-12,23H,13H2,1-2H3,(H,25,26)/b24-12+. The van der Waals surface area contributed by atoms with Gasteiger partial charge in [-0.25, -0.2) is 5.43 Å². The minimum atomic E-state index is -0.247. The van der Waals surface area contributed by atoms with Crippen molar-refractivity contribution < 1.29 is 9.53 Å². The summed E-state index contributed by atoms with van der Waals surface area (Å²) in [5, 5.41) is 9.78. The maximum Gasteiger partial charge on any atom is 0.259 e. The predicted molar refractivity (Wildman–Crippen MR) is 111 cm³/mol.